The number of halogens is 3. The molecule has 8 heteroatoms. The van der Waals surface area contributed by atoms with Gasteiger partial charge in [-0.2, -0.15) is 18.4 Å². The lowest BCUT2D eigenvalue weighted by atomic mass is 10.2. The fourth-order valence-corrected chi connectivity index (χ4v) is 2.26. The first-order valence-electron chi connectivity index (χ1n) is 7.36. The molecule has 1 aromatic heterocycles. The van der Waals surface area contributed by atoms with Crippen LogP contribution in [0, 0.1) is 11.3 Å². The molecular formula is C17H16F3N3O2. The van der Waals surface area contributed by atoms with Crippen LogP contribution in [0.2, 0.25) is 0 Å². The Morgan fingerprint density at radius 1 is 1.28 bits per heavy atom. The third-order valence-electron chi connectivity index (χ3n) is 3.38. The zero-order valence-corrected chi connectivity index (χ0v) is 13.4. The van der Waals surface area contributed by atoms with Gasteiger partial charge in [-0.1, -0.05) is 12.1 Å². The molecule has 0 aliphatic carbocycles. The Morgan fingerprint density at radius 2 is 2.00 bits per heavy atom. The van der Waals surface area contributed by atoms with Crippen molar-refractivity contribution in [3.8, 4) is 11.8 Å². The molecule has 0 unspecified atom stereocenters. The maximum atomic E-state index is 12.9. The number of ether oxygens (including phenoxy) is 1. The van der Waals surface area contributed by atoms with Crippen LogP contribution in [0.5, 0.6) is 5.75 Å². The number of aliphatic hydroxyl groups is 1. The van der Waals surface area contributed by atoms with Gasteiger partial charge in [0.15, 0.2) is 0 Å². The number of anilines is 1. The highest BCUT2D eigenvalue weighted by atomic mass is 19.4. The fraction of sp³-hybridized carbons (Fsp3) is 0.294. The van der Waals surface area contributed by atoms with E-state index in [2.05, 4.69) is 4.98 Å². The predicted molar refractivity (Wildman–Crippen MR) is 85.2 cm³/mol. The number of aliphatic hydroxyl groups excluding tert-OH is 1. The van der Waals surface area contributed by atoms with Gasteiger partial charge in [-0.05, 0) is 24.3 Å². The van der Waals surface area contributed by atoms with Crippen LogP contribution in [0.4, 0.5) is 19.0 Å². The summed E-state index contributed by atoms with van der Waals surface area (Å²) in [5.74, 6) is 0.0343. The number of benzene rings is 1. The van der Waals surface area contributed by atoms with Gasteiger partial charge in [-0.25, -0.2) is 4.98 Å². The molecule has 25 heavy (non-hydrogen) atoms. The summed E-state index contributed by atoms with van der Waals surface area (Å²) < 4.78 is 43.8. The summed E-state index contributed by atoms with van der Waals surface area (Å²) in [6.07, 6.45) is -4.09. The number of rotatable bonds is 6. The smallest absolute Gasteiger partial charge is 0.419 e. The van der Waals surface area contributed by atoms with E-state index < -0.39 is 17.8 Å². The van der Waals surface area contributed by atoms with Crippen molar-refractivity contribution in [2.45, 2.75) is 12.3 Å². The minimum atomic E-state index is -4.53. The minimum absolute atomic E-state index is 0.0415. The normalized spacial score (nSPS) is 12.3. The number of likely N-dealkylation sites (N-methyl/N-ethyl adjacent to an activating group) is 1. The maximum absolute atomic E-state index is 12.9. The summed E-state index contributed by atoms with van der Waals surface area (Å²) in [7, 11) is 1.62. The number of aromatic nitrogens is 1. The van der Waals surface area contributed by atoms with E-state index in [9.17, 15) is 18.3 Å². The Kier molecular flexibility index (Phi) is 5.83. The van der Waals surface area contributed by atoms with Crippen LogP contribution in [-0.4, -0.2) is 36.4 Å². The molecule has 0 fully saturated rings. The summed E-state index contributed by atoms with van der Waals surface area (Å²) in [6, 6.07) is 10.0. The Bertz CT molecular complexity index is 759. The first-order valence-corrected chi connectivity index (χ1v) is 7.36. The Labute approximate surface area is 142 Å². The van der Waals surface area contributed by atoms with E-state index in [1.54, 1.807) is 24.1 Å². The molecule has 1 aromatic carbocycles. The highest BCUT2D eigenvalue weighted by Gasteiger charge is 2.34. The SMILES string of the molecule is CN(C[C@H](O)COc1ccccc1C(F)(F)F)c1ncccc1C#N. The zero-order chi connectivity index (χ0) is 18.4. The number of pyridine rings is 1. The van der Waals surface area contributed by atoms with E-state index >= 15 is 0 Å². The monoisotopic (exact) mass is 351 g/mol. The van der Waals surface area contributed by atoms with Gasteiger partial charge < -0.3 is 14.7 Å². The lowest BCUT2D eigenvalue weighted by Crippen LogP contribution is -2.34. The standard InChI is InChI=1S/C17H16F3N3O2/c1-23(16-12(9-21)5-4-8-22-16)10-13(24)11-25-15-7-3-2-6-14(15)17(18,19)20/h2-8,13,24H,10-11H2,1H3/t13-/m0/s1. The quantitative estimate of drug-likeness (QED) is 0.867. The van der Waals surface area contributed by atoms with Gasteiger partial charge in [-0.15, -0.1) is 0 Å². The van der Waals surface area contributed by atoms with Gasteiger partial charge in [0.05, 0.1) is 11.1 Å². The second kappa shape index (κ2) is 7.85. The Balaban J connectivity index is 2.00. The fourth-order valence-electron chi connectivity index (χ4n) is 2.26. The van der Waals surface area contributed by atoms with Crippen molar-refractivity contribution in [2.24, 2.45) is 0 Å². The van der Waals surface area contributed by atoms with Crippen LogP contribution in [0.15, 0.2) is 42.6 Å². The predicted octanol–water partition coefficient (Wildman–Crippen LogP) is 2.85. The van der Waals surface area contributed by atoms with Crippen LogP contribution < -0.4 is 9.64 Å². The number of hydrogen-bond acceptors (Lipinski definition) is 5. The summed E-state index contributed by atoms with van der Waals surface area (Å²) >= 11 is 0. The number of hydrogen-bond donors (Lipinski definition) is 1. The molecule has 0 radical (unpaired) electrons. The van der Waals surface area contributed by atoms with Gasteiger partial charge in [0.1, 0.15) is 30.3 Å². The lowest BCUT2D eigenvalue weighted by Gasteiger charge is -2.23. The molecule has 5 nitrogen and oxygen atoms in total. The molecule has 0 saturated carbocycles. The molecule has 2 aromatic rings. The number of nitriles is 1. The van der Waals surface area contributed by atoms with Crippen LogP contribution in [0.3, 0.4) is 0 Å². The number of para-hydroxylation sites is 1. The molecule has 1 heterocycles. The van der Waals surface area contributed by atoms with Crippen LogP contribution in [0.25, 0.3) is 0 Å². The van der Waals surface area contributed by atoms with E-state index in [1.807, 2.05) is 6.07 Å². The average Bonchev–Trinajstić information content (AvgIpc) is 2.59. The third-order valence-corrected chi connectivity index (χ3v) is 3.38. The van der Waals surface area contributed by atoms with E-state index in [-0.39, 0.29) is 18.9 Å². The second-order valence-corrected chi connectivity index (χ2v) is 5.33. The van der Waals surface area contributed by atoms with E-state index in [1.165, 1.54) is 24.4 Å². The van der Waals surface area contributed by atoms with Gasteiger partial charge in [0.25, 0.3) is 0 Å². The van der Waals surface area contributed by atoms with Crippen molar-refractivity contribution in [3.63, 3.8) is 0 Å². The molecular weight excluding hydrogens is 335 g/mol. The van der Waals surface area contributed by atoms with E-state index in [0.29, 0.717) is 11.4 Å². The third kappa shape index (κ3) is 4.84. The molecule has 0 aliphatic heterocycles. The summed E-state index contributed by atoms with van der Waals surface area (Å²) in [5.41, 5.74) is -0.562. The van der Waals surface area contributed by atoms with E-state index in [0.717, 1.165) is 6.07 Å². The van der Waals surface area contributed by atoms with Gasteiger partial charge in [0.2, 0.25) is 0 Å². The van der Waals surface area contributed by atoms with Gasteiger partial charge in [-0.3, -0.25) is 0 Å². The maximum Gasteiger partial charge on any atom is 0.419 e. The van der Waals surface area contributed by atoms with Crippen LogP contribution in [-0.2, 0) is 6.18 Å². The molecule has 0 bridgehead atoms. The van der Waals surface area contributed by atoms with Crippen molar-refractivity contribution < 1.29 is 23.0 Å². The van der Waals surface area contributed by atoms with Gasteiger partial charge in [0, 0.05) is 19.8 Å². The summed E-state index contributed by atoms with van der Waals surface area (Å²) in [5, 5.41) is 19.1. The highest BCUT2D eigenvalue weighted by molar-refractivity contribution is 5.52. The molecule has 0 spiro atoms. The lowest BCUT2D eigenvalue weighted by molar-refractivity contribution is -0.139. The van der Waals surface area contributed by atoms with Crippen molar-refractivity contribution in [2.75, 3.05) is 25.1 Å². The summed E-state index contributed by atoms with van der Waals surface area (Å²) in [6.45, 7) is -0.286. The van der Waals surface area contributed by atoms with Crippen molar-refractivity contribution >= 4 is 5.82 Å². The molecule has 2 rings (SSSR count). The van der Waals surface area contributed by atoms with Gasteiger partial charge >= 0.3 is 6.18 Å². The average molecular weight is 351 g/mol. The minimum Gasteiger partial charge on any atom is -0.490 e. The van der Waals surface area contributed by atoms with Crippen molar-refractivity contribution in [1.82, 2.24) is 4.98 Å². The first-order chi connectivity index (χ1) is 11.8. The first kappa shape index (κ1) is 18.5. The molecule has 0 aliphatic rings. The molecule has 1 N–H and O–H groups in total. The topological polar surface area (TPSA) is 69.4 Å². The molecule has 0 saturated heterocycles. The number of nitrogens with zero attached hydrogens (tertiary/aromatic N) is 3. The summed E-state index contributed by atoms with van der Waals surface area (Å²) in [4.78, 5) is 5.61. The van der Waals surface area contributed by atoms with E-state index in [4.69, 9.17) is 10.00 Å². The molecule has 1 atom stereocenters. The number of alkyl halides is 3. The van der Waals surface area contributed by atoms with Crippen LogP contribution in [0.1, 0.15) is 11.1 Å². The van der Waals surface area contributed by atoms with Crippen molar-refractivity contribution in [3.05, 3.63) is 53.7 Å². The largest absolute Gasteiger partial charge is 0.490 e. The molecule has 132 valence electrons. The molecule has 0 amide bonds. The Hall–Kier alpha value is -2.79. The van der Waals surface area contributed by atoms with Crippen molar-refractivity contribution in [1.29, 1.82) is 5.26 Å². The highest BCUT2D eigenvalue weighted by Crippen LogP contribution is 2.35. The zero-order valence-electron chi connectivity index (χ0n) is 13.4. The Morgan fingerprint density at radius 3 is 2.68 bits per heavy atom. The van der Waals surface area contributed by atoms with Crippen LogP contribution >= 0.6 is 0 Å². The second-order valence-electron chi connectivity index (χ2n) is 5.33.